The third kappa shape index (κ3) is 3.82. The van der Waals surface area contributed by atoms with Crippen LogP contribution < -0.4 is 9.47 Å². The predicted octanol–water partition coefficient (Wildman–Crippen LogP) is 3.01. The van der Waals surface area contributed by atoms with E-state index >= 15 is 0 Å². The summed E-state index contributed by atoms with van der Waals surface area (Å²) in [5, 5.41) is 8.84. The number of hydrogen-bond donors (Lipinski definition) is 0. The summed E-state index contributed by atoms with van der Waals surface area (Å²) in [6, 6.07) is 9.60. The van der Waals surface area contributed by atoms with Gasteiger partial charge in [0.05, 0.1) is 18.1 Å². The van der Waals surface area contributed by atoms with E-state index in [1.807, 2.05) is 45.0 Å². The molecule has 0 unspecified atom stereocenters. The zero-order valence-corrected chi connectivity index (χ0v) is 9.99. The van der Waals surface area contributed by atoms with Crippen LogP contribution in [0, 0.1) is 16.7 Å². The molecule has 0 saturated heterocycles. The highest BCUT2D eigenvalue weighted by Gasteiger charge is 2.17. The molecule has 0 fully saturated rings. The second-order valence-electron chi connectivity index (χ2n) is 4.19. The minimum atomic E-state index is -0.460. The van der Waals surface area contributed by atoms with Gasteiger partial charge in [0.2, 0.25) is 0 Å². The van der Waals surface area contributed by atoms with E-state index in [4.69, 9.17) is 14.7 Å². The Kier molecular flexibility index (Phi) is 4.19. The minimum absolute atomic E-state index is 0.386. The van der Waals surface area contributed by atoms with Crippen LogP contribution in [0.25, 0.3) is 0 Å². The van der Waals surface area contributed by atoms with Gasteiger partial charge in [0.15, 0.2) is 0 Å². The summed E-state index contributed by atoms with van der Waals surface area (Å²) in [7, 11) is 0. The van der Waals surface area contributed by atoms with Crippen molar-refractivity contribution in [1.29, 1.82) is 5.26 Å². The molecule has 0 saturated carbocycles. The monoisotopic (exact) mass is 219 g/mol. The number of ether oxygens (including phenoxy) is 2. The Morgan fingerprint density at radius 2 is 1.62 bits per heavy atom. The molecule has 0 aliphatic heterocycles. The molecule has 0 aliphatic rings. The van der Waals surface area contributed by atoms with E-state index in [0.717, 1.165) is 11.5 Å². The highest BCUT2D eigenvalue weighted by Crippen LogP contribution is 2.20. The normalized spacial score (nSPS) is 10.6. The van der Waals surface area contributed by atoms with Gasteiger partial charge in [0.25, 0.3) is 0 Å². The molecule has 1 rings (SSSR count). The molecule has 1 aromatic rings. The van der Waals surface area contributed by atoms with Crippen molar-refractivity contribution < 1.29 is 9.47 Å². The first-order chi connectivity index (χ1) is 7.57. The lowest BCUT2D eigenvalue weighted by molar-refractivity contribution is 0.227. The van der Waals surface area contributed by atoms with Gasteiger partial charge in [-0.15, -0.1) is 0 Å². The Hall–Kier alpha value is -1.69. The van der Waals surface area contributed by atoms with Gasteiger partial charge in [-0.2, -0.15) is 5.26 Å². The van der Waals surface area contributed by atoms with Crippen molar-refractivity contribution in [3.8, 4) is 17.6 Å². The van der Waals surface area contributed by atoms with Crippen molar-refractivity contribution in [3.05, 3.63) is 24.3 Å². The number of nitrogens with zero attached hydrogens (tertiary/aromatic N) is 1. The SMILES string of the molecule is CCOc1ccc(OCC(C)(C)C#N)cc1. The lowest BCUT2D eigenvalue weighted by Gasteiger charge is -2.16. The van der Waals surface area contributed by atoms with Crippen molar-refractivity contribution in [1.82, 2.24) is 0 Å². The summed E-state index contributed by atoms with van der Waals surface area (Å²) in [5.74, 6) is 1.58. The Bertz CT molecular complexity index is 363. The lowest BCUT2D eigenvalue weighted by atomic mass is 9.98. The second-order valence-corrected chi connectivity index (χ2v) is 4.19. The van der Waals surface area contributed by atoms with Crippen molar-refractivity contribution in [2.24, 2.45) is 5.41 Å². The number of benzene rings is 1. The molecule has 0 N–H and O–H groups in total. The molecule has 0 heterocycles. The van der Waals surface area contributed by atoms with E-state index in [1.165, 1.54) is 0 Å². The van der Waals surface area contributed by atoms with E-state index in [2.05, 4.69) is 6.07 Å². The Morgan fingerprint density at radius 3 is 2.06 bits per heavy atom. The van der Waals surface area contributed by atoms with Gasteiger partial charge in [0, 0.05) is 0 Å². The summed E-state index contributed by atoms with van der Waals surface area (Å²) in [6.07, 6.45) is 0. The third-order valence-corrected chi connectivity index (χ3v) is 2.04. The average Bonchev–Trinajstić information content (AvgIpc) is 2.29. The first kappa shape index (κ1) is 12.4. The van der Waals surface area contributed by atoms with Gasteiger partial charge in [-0.25, -0.2) is 0 Å². The molecule has 0 atom stereocenters. The molecule has 0 aromatic heterocycles. The predicted molar refractivity (Wildman–Crippen MR) is 62.5 cm³/mol. The highest BCUT2D eigenvalue weighted by molar-refractivity contribution is 5.31. The number of rotatable bonds is 5. The van der Waals surface area contributed by atoms with Crippen LogP contribution >= 0.6 is 0 Å². The lowest BCUT2D eigenvalue weighted by Crippen LogP contribution is -2.18. The van der Waals surface area contributed by atoms with Crippen molar-refractivity contribution >= 4 is 0 Å². The molecule has 1 aromatic carbocycles. The van der Waals surface area contributed by atoms with Gasteiger partial charge in [0.1, 0.15) is 18.1 Å². The standard InChI is InChI=1S/C13H17NO2/c1-4-15-11-5-7-12(8-6-11)16-10-13(2,3)9-14/h5-8H,4,10H2,1-3H3. The molecule has 0 aliphatic carbocycles. The summed E-state index contributed by atoms with van der Waals surface area (Å²) < 4.78 is 10.8. The Morgan fingerprint density at radius 1 is 1.12 bits per heavy atom. The van der Waals surface area contributed by atoms with E-state index in [-0.39, 0.29) is 0 Å². The molecule has 0 radical (unpaired) electrons. The van der Waals surface area contributed by atoms with Crippen LogP contribution in [0.3, 0.4) is 0 Å². The first-order valence-corrected chi connectivity index (χ1v) is 5.34. The number of hydrogen-bond acceptors (Lipinski definition) is 3. The Labute approximate surface area is 96.6 Å². The van der Waals surface area contributed by atoms with Crippen LogP contribution in [0.1, 0.15) is 20.8 Å². The molecule has 86 valence electrons. The fourth-order valence-electron chi connectivity index (χ4n) is 1.09. The van der Waals surface area contributed by atoms with E-state index in [1.54, 1.807) is 0 Å². The van der Waals surface area contributed by atoms with Crippen LogP contribution in [0.15, 0.2) is 24.3 Å². The zero-order chi connectivity index (χ0) is 12.0. The van der Waals surface area contributed by atoms with Crippen molar-refractivity contribution in [2.45, 2.75) is 20.8 Å². The van der Waals surface area contributed by atoms with Crippen LogP contribution in [0.4, 0.5) is 0 Å². The minimum Gasteiger partial charge on any atom is -0.494 e. The molecule has 16 heavy (non-hydrogen) atoms. The van der Waals surface area contributed by atoms with E-state index in [9.17, 15) is 0 Å². The van der Waals surface area contributed by atoms with Gasteiger partial charge in [-0.1, -0.05) is 0 Å². The molecule has 0 bridgehead atoms. The molecular formula is C13H17NO2. The fourth-order valence-corrected chi connectivity index (χ4v) is 1.09. The van der Waals surface area contributed by atoms with Crippen LogP contribution in [0.5, 0.6) is 11.5 Å². The maximum absolute atomic E-state index is 8.84. The quantitative estimate of drug-likeness (QED) is 0.764. The van der Waals surface area contributed by atoms with Gasteiger partial charge in [-0.3, -0.25) is 0 Å². The van der Waals surface area contributed by atoms with Crippen LogP contribution in [-0.2, 0) is 0 Å². The zero-order valence-electron chi connectivity index (χ0n) is 9.99. The molecule has 3 nitrogen and oxygen atoms in total. The summed E-state index contributed by atoms with van der Waals surface area (Å²) >= 11 is 0. The maximum Gasteiger partial charge on any atom is 0.119 e. The van der Waals surface area contributed by atoms with Gasteiger partial charge >= 0.3 is 0 Å². The summed E-state index contributed by atoms with van der Waals surface area (Å²) in [6.45, 7) is 6.68. The smallest absolute Gasteiger partial charge is 0.119 e. The molecule has 0 amide bonds. The highest BCUT2D eigenvalue weighted by atomic mass is 16.5. The second kappa shape index (κ2) is 5.41. The summed E-state index contributed by atoms with van der Waals surface area (Å²) in [4.78, 5) is 0. The topological polar surface area (TPSA) is 42.2 Å². The van der Waals surface area contributed by atoms with Crippen molar-refractivity contribution in [3.63, 3.8) is 0 Å². The van der Waals surface area contributed by atoms with Gasteiger partial charge in [-0.05, 0) is 45.0 Å². The van der Waals surface area contributed by atoms with Crippen LogP contribution in [0.2, 0.25) is 0 Å². The molecule has 0 spiro atoms. The summed E-state index contributed by atoms with van der Waals surface area (Å²) in [5.41, 5.74) is -0.460. The third-order valence-electron chi connectivity index (χ3n) is 2.04. The maximum atomic E-state index is 8.84. The molecular weight excluding hydrogens is 202 g/mol. The fraction of sp³-hybridized carbons (Fsp3) is 0.462. The Balaban J connectivity index is 2.53. The van der Waals surface area contributed by atoms with Crippen LogP contribution in [-0.4, -0.2) is 13.2 Å². The van der Waals surface area contributed by atoms with E-state index < -0.39 is 5.41 Å². The largest absolute Gasteiger partial charge is 0.494 e. The molecule has 3 heteroatoms. The number of nitriles is 1. The van der Waals surface area contributed by atoms with Gasteiger partial charge < -0.3 is 9.47 Å². The van der Waals surface area contributed by atoms with Crippen molar-refractivity contribution in [2.75, 3.05) is 13.2 Å². The first-order valence-electron chi connectivity index (χ1n) is 5.34. The van der Waals surface area contributed by atoms with E-state index in [0.29, 0.717) is 13.2 Å². The average molecular weight is 219 g/mol.